The minimum atomic E-state index is -2.76. The second-order valence-corrected chi connectivity index (χ2v) is 5.29. The van der Waals surface area contributed by atoms with E-state index in [0.717, 1.165) is 10.7 Å². The zero-order valence-corrected chi connectivity index (χ0v) is 13.7. The van der Waals surface area contributed by atoms with E-state index in [1.807, 2.05) is 0 Å². The van der Waals surface area contributed by atoms with Gasteiger partial charge in [-0.1, -0.05) is 11.6 Å². The number of rotatable bonds is 5. The zero-order valence-electron chi connectivity index (χ0n) is 12.9. The summed E-state index contributed by atoms with van der Waals surface area (Å²) in [6.07, 6.45) is -2.76. The van der Waals surface area contributed by atoms with Crippen molar-refractivity contribution in [2.75, 3.05) is 11.9 Å². The number of aromatic nitrogens is 2. The van der Waals surface area contributed by atoms with Crippen molar-refractivity contribution >= 4 is 29.1 Å². The molecule has 0 saturated heterocycles. The topological polar surface area (TPSA) is 76.0 Å². The van der Waals surface area contributed by atoms with Gasteiger partial charge in [0.15, 0.2) is 0 Å². The molecule has 0 saturated carbocycles. The molecule has 0 unspecified atom stereocenters. The van der Waals surface area contributed by atoms with Gasteiger partial charge in [-0.3, -0.25) is 14.3 Å². The first-order valence-electron chi connectivity index (χ1n) is 7.04. The van der Waals surface area contributed by atoms with Crippen LogP contribution in [0.25, 0.3) is 0 Å². The van der Waals surface area contributed by atoms with E-state index in [4.69, 9.17) is 11.6 Å². The molecule has 0 radical (unpaired) electrons. The molecule has 0 aliphatic heterocycles. The van der Waals surface area contributed by atoms with Gasteiger partial charge >= 0.3 is 0 Å². The lowest BCUT2D eigenvalue weighted by atomic mass is 10.2. The molecule has 0 aliphatic carbocycles. The van der Waals surface area contributed by atoms with Crippen LogP contribution in [-0.4, -0.2) is 28.1 Å². The third-order valence-corrected chi connectivity index (χ3v) is 3.48. The average molecular weight is 357 g/mol. The fraction of sp³-hybridized carbons (Fsp3) is 0.267. The molecular formula is C15H15ClF2N4O2. The molecule has 0 aliphatic rings. The quantitative estimate of drug-likeness (QED) is 0.864. The predicted octanol–water partition coefficient (Wildman–Crippen LogP) is 3.01. The fourth-order valence-electron chi connectivity index (χ4n) is 2.04. The molecule has 0 atom stereocenters. The van der Waals surface area contributed by atoms with Gasteiger partial charge in [-0.05, 0) is 31.2 Å². The van der Waals surface area contributed by atoms with Gasteiger partial charge in [0.05, 0.1) is 10.6 Å². The molecule has 1 aromatic carbocycles. The number of anilines is 1. The van der Waals surface area contributed by atoms with Crippen LogP contribution < -0.4 is 10.6 Å². The molecule has 2 aromatic rings. The third-order valence-electron chi connectivity index (χ3n) is 3.16. The Bertz CT molecular complexity index is 777. The Morgan fingerprint density at radius 1 is 1.29 bits per heavy atom. The summed E-state index contributed by atoms with van der Waals surface area (Å²) in [5, 5.41) is 8.88. The number of amides is 2. The Balaban J connectivity index is 2.18. The SMILES string of the molecule is CCNC(=O)c1ccc(NC(=O)c2cc(C(F)F)nn2C)cc1Cl. The highest BCUT2D eigenvalue weighted by molar-refractivity contribution is 6.34. The standard InChI is InChI=1S/C15H15ClF2N4O2/c1-3-19-14(23)9-5-4-8(6-10(9)16)20-15(24)12-7-11(13(17)18)21-22(12)2/h4-7,13H,3H2,1-2H3,(H,19,23)(H,20,24). The highest BCUT2D eigenvalue weighted by Crippen LogP contribution is 2.22. The van der Waals surface area contributed by atoms with Crippen LogP contribution in [0.3, 0.4) is 0 Å². The highest BCUT2D eigenvalue weighted by atomic mass is 35.5. The van der Waals surface area contributed by atoms with E-state index in [9.17, 15) is 18.4 Å². The van der Waals surface area contributed by atoms with E-state index in [2.05, 4.69) is 15.7 Å². The van der Waals surface area contributed by atoms with Crippen molar-refractivity contribution < 1.29 is 18.4 Å². The summed E-state index contributed by atoms with van der Waals surface area (Å²) in [7, 11) is 1.39. The number of nitrogens with zero attached hydrogens (tertiary/aromatic N) is 2. The number of hydrogen-bond donors (Lipinski definition) is 2. The number of alkyl halides is 2. The Kier molecular flexibility index (Phi) is 5.50. The number of nitrogens with one attached hydrogen (secondary N) is 2. The van der Waals surface area contributed by atoms with Gasteiger partial charge in [-0.15, -0.1) is 0 Å². The summed E-state index contributed by atoms with van der Waals surface area (Å²) in [6.45, 7) is 2.24. The zero-order chi connectivity index (χ0) is 17.9. The van der Waals surface area contributed by atoms with Crippen LogP contribution >= 0.6 is 11.6 Å². The summed E-state index contributed by atoms with van der Waals surface area (Å²) >= 11 is 6.04. The average Bonchev–Trinajstić information content (AvgIpc) is 2.90. The maximum atomic E-state index is 12.6. The van der Waals surface area contributed by atoms with Gasteiger partial charge in [-0.25, -0.2) is 8.78 Å². The van der Waals surface area contributed by atoms with Crippen molar-refractivity contribution in [2.24, 2.45) is 7.05 Å². The van der Waals surface area contributed by atoms with Crippen molar-refractivity contribution in [3.63, 3.8) is 0 Å². The van der Waals surface area contributed by atoms with Crippen molar-refractivity contribution in [1.82, 2.24) is 15.1 Å². The minimum absolute atomic E-state index is 0.0192. The van der Waals surface area contributed by atoms with Gasteiger partial charge in [-0.2, -0.15) is 5.10 Å². The Hall–Kier alpha value is -2.48. The molecule has 0 bridgehead atoms. The van der Waals surface area contributed by atoms with Crippen LogP contribution in [0.2, 0.25) is 5.02 Å². The number of carbonyl (C=O) groups excluding carboxylic acids is 2. The lowest BCUT2D eigenvalue weighted by Gasteiger charge is -2.09. The molecule has 0 spiro atoms. The first-order valence-corrected chi connectivity index (χ1v) is 7.42. The summed E-state index contributed by atoms with van der Waals surface area (Å²) in [5.41, 5.74) is 0.108. The van der Waals surface area contributed by atoms with Gasteiger partial charge in [0.2, 0.25) is 0 Å². The number of hydrogen-bond acceptors (Lipinski definition) is 3. The molecule has 1 aromatic heterocycles. The van der Waals surface area contributed by atoms with Gasteiger partial charge in [0, 0.05) is 19.3 Å². The summed E-state index contributed by atoms with van der Waals surface area (Å²) < 4.78 is 26.3. The maximum absolute atomic E-state index is 12.6. The smallest absolute Gasteiger partial charge is 0.282 e. The molecule has 1 heterocycles. The number of halogens is 3. The maximum Gasteiger partial charge on any atom is 0.282 e. The number of benzene rings is 1. The summed E-state index contributed by atoms with van der Waals surface area (Å²) in [6, 6.07) is 5.40. The molecular weight excluding hydrogens is 342 g/mol. The van der Waals surface area contributed by atoms with E-state index in [1.165, 1.54) is 25.2 Å². The van der Waals surface area contributed by atoms with Crippen molar-refractivity contribution in [3.8, 4) is 0 Å². The number of carbonyl (C=O) groups is 2. The third kappa shape index (κ3) is 3.88. The fourth-order valence-corrected chi connectivity index (χ4v) is 2.30. The van der Waals surface area contributed by atoms with Crippen molar-refractivity contribution in [3.05, 3.63) is 46.2 Å². The minimum Gasteiger partial charge on any atom is -0.352 e. The molecule has 2 rings (SSSR count). The molecule has 24 heavy (non-hydrogen) atoms. The van der Waals surface area contributed by atoms with E-state index in [-0.39, 0.29) is 22.2 Å². The lowest BCUT2D eigenvalue weighted by Crippen LogP contribution is -2.23. The predicted molar refractivity (Wildman–Crippen MR) is 85.6 cm³/mol. The van der Waals surface area contributed by atoms with E-state index in [0.29, 0.717) is 12.2 Å². The van der Waals surface area contributed by atoms with Crippen LogP contribution in [0.1, 0.15) is 39.9 Å². The normalized spacial score (nSPS) is 10.8. The first-order chi connectivity index (χ1) is 11.3. The summed E-state index contributed by atoms with van der Waals surface area (Å²) in [4.78, 5) is 23.9. The summed E-state index contributed by atoms with van der Waals surface area (Å²) in [5.74, 6) is -0.938. The molecule has 2 amide bonds. The Morgan fingerprint density at radius 3 is 2.54 bits per heavy atom. The van der Waals surface area contributed by atoms with Gasteiger partial charge in [0.25, 0.3) is 18.2 Å². The van der Waals surface area contributed by atoms with Crippen LogP contribution in [0.4, 0.5) is 14.5 Å². The first kappa shape index (κ1) is 17.9. The molecule has 128 valence electrons. The van der Waals surface area contributed by atoms with Crippen molar-refractivity contribution in [2.45, 2.75) is 13.3 Å². The van der Waals surface area contributed by atoms with Crippen molar-refractivity contribution in [1.29, 1.82) is 0 Å². The lowest BCUT2D eigenvalue weighted by molar-refractivity contribution is 0.0955. The highest BCUT2D eigenvalue weighted by Gasteiger charge is 2.19. The second-order valence-electron chi connectivity index (χ2n) is 4.89. The van der Waals surface area contributed by atoms with E-state index >= 15 is 0 Å². The monoisotopic (exact) mass is 356 g/mol. The van der Waals surface area contributed by atoms with E-state index < -0.39 is 18.0 Å². The molecule has 6 nitrogen and oxygen atoms in total. The van der Waals surface area contributed by atoms with Gasteiger partial charge in [0.1, 0.15) is 11.4 Å². The van der Waals surface area contributed by atoms with Crippen LogP contribution in [-0.2, 0) is 7.05 Å². The molecule has 0 fully saturated rings. The van der Waals surface area contributed by atoms with Crippen LogP contribution in [0, 0.1) is 0 Å². The second kappa shape index (κ2) is 7.39. The van der Waals surface area contributed by atoms with Gasteiger partial charge < -0.3 is 10.6 Å². The Labute approximate surface area is 141 Å². The molecule has 9 heteroatoms. The van der Waals surface area contributed by atoms with Crippen LogP contribution in [0.15, 0.2) is 24.3 Å². The number of aryl methyl sites for hydroxylation is 1. The van der Waals surface area contributed by atoms with Crippen LogP contribution in [0.5, 0.6) is 0 Å². The molecule has 2 N–H and O–H groups in total. The van der Waals surface area contributed by atoms with E-state index in [1.54, 1.807) is 6.92 Å². The Morgan fingerprint density at radius 2 is 2.00 bits per heavy atom. The largest absolute Gasteiger partial charge is 0.352 e.